The fourth-order valence-corrected chi connectivity index (χ4v) is 3.03. The highest BCUT2D eigenvalue weighted by Gasteiger charge is 2.25. The number of piperazine rings is 1. The largest absolute Gasteiger partial charge is 0.322 e. The van der Waals surface area contributed by atoms with Gasteiger partial charge in [0.15, 0.2) is 12.7 Å². The van der Waals surface area contributed by atoms with Gasteiger partial charge in [-0.25, -0.2) is 9.37 Å². The summed E-state index contributed by atoms with van der Waals surface area (Å²) in [5.74, 6) is -0.0707. The molecule has 2 heterocycles. The van der Waals surface area contributed by atoms with Crippen LogP contribution in [-0.4, -0.2) is 26.2 Å². The summed E-state index contributed by atoms with van der Waals surface area (Å²) < 4.78 is 13.7. The van der Waals surface area contributed by atoms with E-state index in [9.17, 15) is 4.39 Å². The lowest BCUT2D eigenvalue weighted by atomic mass is 10.2. The van der Waals surface area contributed by atoms with Crippen LogP contribution in [-0.2, 0) is 13.1 Å². The fraction of sp³-hybridized carbons (Fsp3) is 0.353. The number of rotatable bonds is 4. The Morgan fingerprint density at radius 1 is 0.857 bits per heavy atom. The van der Waals surface area contributed by atoms with Crippen molar-refractivity contribution < 1.29 is 19.2 Å². The van der Waals surface area contributed by atoms with Crippen molar-refractivity contribution in [3.05, 3.63) is 65.7 Å². The second-order valence-corrected chi connectivity index (χ2v) is 5.83. The van der Waals surface area contributed by atoms with Gasteiger partial charge in [0.1, 0.15) is 38.5 Å². The highest BCUT2D eigenvalue weighted by atomic mass is 19.1. The molecule has 21 heavy (non-hydrogen) atoms. The molecule has 1 aromatic carbocycles. The molecule has 0 bridgehead atoms. The second-order valence-electron chi connectivity index (χ2n) is 5.83. The van der Waals surface area contributed by atoms with Gasteiger partial charge in [-0.3, -0.25) is 0 Å². The third-order valence-electron chi connectivity index (χ3n) is 4.28. The minimum atomic E-state index is -0.0707. The SMILES string of the molecule is Fc1ccccc1C[NH+]1CC[NH+](Cc2cccc[nH+]2)CC1. The van der Waals surface area contributed by atoms with Crippen molar-refractivity contribution in [3.8, 4) is 0 Å². The van der Waals surface area contributed by atoms with Gasteiger partial charge in [-0.2, -0.15) is 0 Å². The Morgan fingerprint density at radius 2 is 1.52 bits per heavy atom. The number of H-pyrrole nitrogens is 1. The topological polar surface area (TPSA) is 23.0 Å². The average Bonchev–Trinajstić information content (AvgIpc) is 2.52. The monoisotopic (exact) mass is 288 g/mol. The van der Waals surface area contributed by atoms with Crippen LogP contribution in [0.2, 0.25) is 0 Å². The first kappa shape index (κ1) is 14.2. The molecule has 1 saturated heterocycles. The Labute approximate surface area is 125 Å². The lowest BCUT2D eigenvalue weighted by Gasteiger charge is -2.29. The summed E-state index contributed by atoms with van der Waals surface area (Å²) in [6, 6.07) is 13.4. The van der Waals surface area contributed by atoms with Gasteiger partial charge in [0, 0.05) is 17.7 Å². The number of hydrogen-bond donors (Lipinski definition) is 2. The molecule has 0 radical (unpaired) electrons. The molecule has 1 aliphatic rings. The molecular weight excluding hydrogens is 265 g/mol. The van der Waals surface area contributed by atoms with Gasteiger partial charge >= 0.3 is 0 Å². The summed E-state index contributed by atoms with van der Waals surface area (Å²) in [5.41, 5.74) is 2.12. The Morgan fingerprint density at radius 3 is 2.19 bits per heavy atom. The molecule has 1 aliphatic heterocycles. The van der Waals surface area contributed by atoms with Crippen molar-refractivity contribution in [2.75, 3.05) is 26.2 Å². The summed E-state index contributed by atoms with van der Waals surface area (Å²) in [6.07, 6.45) is 1.98. The molecule has 3 N–H and O–H groups in total. The average molecular weight is 288 g/mol. The quantitative estimate of drug-likeness (QED) is 0.730. The standard InChI is InChI=1S/C17H20FN3/c18-17-7-2-1-5-15(17)13-20-9-11-21(12-10-20)14-16-6-3-4-8-19-16/h1-8H,9-14H2/p+3. The Hall–Kier alpha value is -1.78. The summed E-state index contributed by atoms with van der Waals surface area (Å²) in [4.78, 5) is 6.39. The van der Waals surface area contributed by atoms with Gasteiger partial charge in [-0.05, 0) is 12.1 Å². The minimum Gasteiger partial charge on any atom is -0.322 e. The van der Waals surface area contributed by atoms with Gasteiger partial charge in [-0.1, -0.05) is 18.2 Å². The van der Waals surface area contributed by atoms with Gasteiger partial charge in [-0.15, -0.1) is 0 Å². The van der Waals surface area contributed by atoms with E-state index in [0.29, 0.717) is 0 Å². The van der Waals surface area contributed by atoms with Crippen LogP contribution in [0.25, 0.3) is 0 Å². The number of quaternary nitrogens is 2. The van der Waals surface area contributed by atoms with Crippen LogP contribution >= 0.6 is 0 Å². The van der Waals surface area contributed by atoms with Gasteiger partial charge in [0.25, 0.3) is 0 Å². The number of halogens is 1. The number of nitrogens with one attached hydrogen (secondary N) is 3. The molecule has 3 rings (SSSR count). The van der Waals surface area contributed by atoms with Crippen LogP contribution in [0.15, 0.2) is 48.7 Å². The molecule has 0 aliphatic carbocycles. The summed E-state index contributed by atoms with van der Waals surface area (Å²) in [5, 5.41) is 0. The van der Waals surface area contributed by atoms with Crippen LogP contribution in [0, 0.1) is 5.82 Å². The van der Waals surface area contributed by atoms with E-state index in [2.05, 4.69) is 17.1 Å². The summed E-state index contributed by atoms with van der Waals surface area (Å²) >= 11 is 0. The normalized spacial score (nSPS) is 22.1. The van der Waals surface area contributed by atoms with Crippen LogP contribution in [0.1, 0.15) is 11.3 Å². The molecule has 0 saturated carbocycles. The van der Waals surface area contributed by atoms with Gasteiger partial charge in [0.2, 0.25) is 5.69 Å². The molecule has 110 valence electrons. The summed E-state index contributed by atoms with van der Waals surface area (Å²) in [7, 11) is 0. The zero-order chi connectivity index (χ0) is 14.5. The van der Waals surface area contributed by atoms with Crippen LogP contribution in [0.3, 0.4) is 0 Å². The van der Waals surface area contributed by atoms with Crippen LogP contribution in [0.5, 0.6) is 0 Å². The van der Waals surface area contributed by atoms with E-state index in [1.165, 1.54) is 10.6 Å². The first-order valence-corrected chi connectivity index (χ1v) is 7.67. The first-order chi connectivity index (χ1) is 10.3. The van der Waals surface area contributed by atoms with Crippen molar-refractivity contribution in [1.82, 2.24) is 0 Å². The zero-order valence-corrected chi connectivity index (χ0v) is 12.2. The molecule has 1 aromatic heterocycles. The highest BCUT2D eigenvalue weighted by Crippen LogP contribution is 2.03. The van der Waals surface area contributed by atoms with Gasteiger partial charge in [0.05, 0.1) is 0 Å². The Kier molecular flexibility index (Phi) is 4.58. The molecular formula is C17H23FN3+3. The van der Waals surface area contributed by atoms with Crippen LogP contribution < -0.4 is 14.8 Å². The van der Waals surface area contributed by atoms with E-state index in [4.69, 9.17) is 0 Å². The van der Waals surface area contributed by atoms with Crippen molar-refractivity contribution in [2.45, 2.75) is 13.1 Å². The maximum Gasteiger partial charge on any atom is 0.234 e. The van der Waals surface area contributed by atoms with Crippen molar-refractivity contribution in [3.63, 3.8) is 0 Å². The maximum absolute atomic E-state index is 13.7. The molecule has 0 atom stereocenters. The Bertz CT molecular complexity index is 565. The molecule has 0 amide bonds. The minimum absolute atomic E-state index is 0.0707. The second kappa shape index (κ2) is 6.78. The first-order valence-electron chi connectivity index (χ1n) is 7.67. The Balaban J connectivity index is 1.50. The molecule has 4 heteroatoms. The van der Waals surface area contributed by atoms with Crippen LogP contribution in [0.4, 0.5) is 4.39 Å². The molecule has 0 unspecified atom stereocenters. The lowest BCUT2D eigenvalue weighted by Crippen LogP contribution is -3.27. The molecule has 3 nitrogen and oxygen atoms in total. The maximum atomic E-state index is 13.7. The van der Waals surface area contributed by atoms with E-state index >= 15 is 0 Å². The highest BCUT2D eigenvalue weighted by molar-refractivity contribution is 5.15. The smallest absolute Gasteiger partial charge is 0.234 e. The van der Waals surface area contributed by atoms with E-state index in [-0.39, 0.29) is 5.82 Å². The number of pyridine rings is 1. The third kappa shape index (κ3) is 3.86. The van der Waals surface area contributed by atoms with E-state index in [1.54, 1.807) is 17.0 Å². The predicted molar refractivity (Wildman–Crippen MR) is 78.2 cm³/mol. The van der Waals surface area contributed by atoms with E-state index in [1.807, 2.05) is 24.4 Å². The fourth-order valence-electron chi connectivity index (χ4n) is 3.03. The van der Waals surface area contributed by atoms with Crippen molar-refractivity contribution >= 4 is 0 Å². The van der Waals surface area contributed by atoms with E-state index in [0.717, 1.165) is 44.8 Å². The van der Waals surface area contributed by atoms with Crippen molar-refractivity contribution in [2.24, 2.45) is 0 Å². The molecule has 1 fully saturated rings. The predicted octanol–water partition coefficient (Wildman–Crippen LogP) is -0.877. The number of aromatic nitrogens is 1. The van der Waals surface area contributed by atoms with Crippen molar-refractivity contribution in [1.29, 1.82) is 0 Å². The molecule has 0 spiro atoms. The number of hydrogen-bond acceptors (Lipinski definition) is 0. The molecule has 2 aromatic rings. The third-order valence-corrected chi connectivity index (χ3v) is 4.28. The lowest BCUT2D eigenvalue weighted by molar-refractivity contribution is -1.03. The summed E-state index contributed by atoms with van der Waals surface area (Å²) in [6.45, 7) is 6.36. The van der Waals surface area contributed by atoms with Gasteiger partial charge < -0.3 is 9.80 Å². The zero-order valence-electron chi connectivity index (χ0n) is 12.2. The number of benzene rings is 1. The number of aromatic amines is 1. The van der Waals surface area contributed by atoms with E-state index < -0.39 is 0 Å².